The first-order valence-corrected chi connectivity index (χ1v) is 10.8. The zero-order valence-electron chi connectivity index (χ0n) is 18.0. The highest BCUT2D eigenvalue weighted by Gasteiger charge is 2.44. The summed E-state index contributed by atoms with van der Waals surface area (Å²) in [6, 6.07) is 9.08. The van der Waals surface area contributed by atoms with Crippen LogP contribution in [0.5, 0.6) is 0 Å². The van der Waals surface area contributed by atoms with E-state index in [2.05, 4.69) is 6.07 Å². The Hall–Kier alpha value is -3.08. The van der Waals surface area contributed by atoms with Crippen LogP contribution in [0.15, 0.2) is 24.3 Å². The summed E-state index contributed by atoms with van der Waals surface area (Å²) in [6.07, 6.45) is 3.36. The first-order chi connectivity index (χ1) is 14.9. The summed E-state index contributed by atoms with van der Waals surface area (Å²) in [6.45, 7) is 3.80. The van der Waals surface area contributed by atoms with Crippen molar-refractivity contribution in [1.29, 1.82) is 5.26 Å². The van der Waals surface area contributed by atoms with Gasteiger partial charge in [0.15, 0.2) is 0 Å². The van der Waals surface area contributed by atoms with Crippen LogP contribution >= 0.6 is 0 Å². The Kier molecular flexibility index (Phi) is 7.50. The van der Waals surface area contributed by atoms with Crippen molar-refractivity contribution in [3.63, 3.8) is 0 Å². The first kappa shape index (κ1) is 22.6. The lowest BCUT2D eigenvalue weighted by atomic mass is 9.86. The van der Waals surface area contributed by atoms with Gasteiger partial charge in [0.05, 0.1) is 24.7 Å². The van der Waals surface area contributed by atoms with Crippen molar-refractivity contribution in [2.45, 2.75) is 51.0 Å². The van der Waals surface area contributed by atoms with Crippen LogP contribution in [0.4, 0.5) is 4.79 Å². The third kappa shape index (κ3) is 5.97. The number of rotatable bonds is 7. The first-order valence-electron chi connectivity index (χ1n) is 10.8. The molecule has 0 aliphatic carbocycles. The van der Waals surface area contributed by atoms with Crippen LogP contribution in [-0.2, 0) is 25.5 Å². The zero-order chi connectivity index (χ0) is 22.3. The van der Waals surface area contributed by atoms with Crippen LogP contribution in [0.3, 0.4) is 0 Å². The van der Waals surface area contributed by atoms with E-state index in [0.717, 1.165) is 18.4 Å². The molecule has 0 saturated carbocycles. The highest BCUT2D eigenvalue weighted by Crippen LogP contribution is 2.34. The Labute approximate surface area is 182 Å². The van der Waals surface area contributed by atoms with Crippen molar-refractivity contribution in [3.05, 3.63) is 35.4 Å². The molecule has 0 bridgehead atoms. The van der Waals surface area contributed by atoms with E-state index in [-0.39, 0.29) is 18.9 Å². The number of esters is 1. The standard InChI is InChI=1S/C23H29N3O5/c1-2-3-14-30-21(28)17-26-13-10-23(31-22(26)29)8-11-25(12-9-23)20(27)15-18-4-6-19(16-24)7-5-18/h4-7H,2-3,8-15,17H2,1H3. The third-order valence-electron chi connectivity index (χ3n) is 5.95. The number of carbonyl (C=O) groups is 3. The highest BCUT2D eigenvalue weighted by atomic mass is 16.6. The molecular weight excluding hydrogens is 398 g/mol. The number of piperidine rings is 1. The van der Waals surface area contributed by atoms with E-state index in [1.807, 2.05) is 6.92 Å². The van der Waals surface area contributed by atoms with Gasteiger partial charge in [-0.05, 0) is 24.1 Å². The summed E-state index contributed by atoms with van der Waals surface area (Å²) in [5.41, 5.74) is 0.874. The van der Waals surface area contributed by atoms with Gasteiger partial charge < -0.3 is 14.4 Å². The molecule has 8 heteroatoms. The summed E-state index contributed by atoms with van der Waals surface area (Å²) >= 11 is 0. The number of hydrogen-bond acceptors (Lipinski definition) is 6. The molecule has 2 amide bonds. The topological polar surface area (TPSA) is 99.9 Å². The predicted molar refractivity (Wildman–Crippen MR) is 112 cm³/mol. The van der Waals surface area contributed by atoms with Crippen LogP contribution in [0.25, 0.3) is 0 Å². The van der Waals surface area contributed by atoms with E-state index in [9.17, 15) is 14.4 Å². The van der Waals surface area contributed by atoms with Gasteiger partial charge in [0.25, 0.3) is 0 Å². The van der Waals surface area contributed by atoms with Crippen LogP contribution in [0.1, 0.15) is 50.2 Å². The summed E-state index contributed by atoms with van der Waals surface area (Å²) in [7, 11) is 0. The van der Waals surface area contributed by atoms with Gasteiger partial charge in [-0.1, -0.05) is 25.5 Å². The minimum absolute atomic E-state index is 0.0261. The molecular formula is C23H29N3O5. The van der Waals surface area contributed by atoms with Crippen LogP contribution in [0.2, 0.25) is 0 Å². The molecule has 0 N–H and O–H groups in total. The molecule has 166 valence electrons. The average molecular weight is 428 g/mol. The molecule has 8 nitrogen and oxygen atoms in total. The van der Waals surface area contributed by atoms with Gasteiger partial charge in [0, 0.05) is 38.9 Å². The number of carbonyl (C=O) groups excluding carboxylic acids is 3. The highest BCUT2D eigenvalue weighted by molar-refractivity contribution is 5.79. The minimum Gasteiger partial charge on any atom is -0.464 e. The summed E-state index contributed by atoms with van der Waals surface area (Å²) in [4.78, 5) is 40.1. The fourth-order valence-corrected chi connectivity index (χ4v) is 3.91. The molecule has 2 aliphatic rings. The van der Waals surface area contributed by atoms with Crippen LogP contribution < -0.4 is 0 Å². The normalized spacial score (nSPS) is 17.7. The zero-order valence-corrected chi connectivity index (χ0v) is 18.0. The molecule has 2 aliphatic heterocycles. The lowest BCUT2D eigenvalue weighted by molar-refractivity contribution is -0.148. The Morgan fingerprint density at radius 3 is 2.45 bits per heavy atom. The van der Waals surface area contributed by atoms with Crippen LogP contribution in [-0.4, -0.2) is 66.2 Å². The largest absolute Gasteiger partial charge is 0.464 e. The van der Waals surface area contributed by atoms with Gasteiger partial charge in [-0.3, -0.25) is 14.5 Å². The summed E-state index contributed by atoms with van der Waals surface area (Å²) in [5, 5.41) is 8.87. The fourth-order valence-electron chi connectivity index (χ4n) is 3.91. The van der Waals surface area contributed by atoms with Crippen molar-refractivity contribution in [2.24, 2.45) is 0 Å². The minimum atomic E-state index is -0.565. The predicted octanol–water partition coefficient (Wildman–Crippen LogP) is 2.65. The van der Waals surface area contributed by atoms with Crippen molar-refractivity contribution in [3.8, 4) is 6.07 Å². The Balaban J connectivity index is 1.45. The number of likely N-dealkylation sites (tertiary alicyclic amines) is 1. The lowest BCUT2D eigenvalue weighted by Gasteiger charge is -2.45. The second kappa shape index (κ2) is 10.3. The van der Waals surface area contributed by atoms with Gasteiger partial charge in [0.2, 0.25) is 5.91 Å². The number of benzene rings is 1. The van der Waals surface area contributed by atoms with Gasteiger partial charge in [-0.2, -0.15) is 5.26 Å². The quantitative estimate of drug-likeness (QED) is 0.490. The molecule has 31 heavy (non-hydrogen) atoms. The van der Waals surface area contributed by atoms with Crippen LogP contribution in [0, 0.1) is 11.3 Å². The Morgan fingerprint density at radius 2 is 1.84 bits per heavy atom. The number of nitrogens with zero attached hydrogens (tertiary/aromatic N) is 3. The van der Waals surface area contributed by atoms with E-state index in [1.165, 1.54) is 4.90 Å². The fraction of sp³-hybridized carbons (Fsp3) is 0.565. The second-order valence-corrected chi connectivity index (χ2v) is 8.16. The summed E-state index contributed by atoms with van der Waals surface area (Å²) in [5.74, 6) is -0.386. The molecule has 0 aromatic heterocycles. The molecule has 0 atom stereocenters. The molecule has 2 heterocycles. The Bertz CT molecular complexity index is 838. The monoisotopic (exact) mass is 427 g/mol. The number of ether oxygens (including phenoxy) is 2. The van der Waals surface area contributed by atoms with Gasteiger partial charge in [-0.25, -0.2) is 4.79 Å². The van der Waals surface area contributed by atoms with Crippen molar-refractivity contribution >= 4 is 18.0 Å². The molecule has 1 aromatic rings. The average Bonchev–Trinajstić information content (AvgIpc) is 2.77. The smallest absolute Gasteiger partial charge is 0.410 e. The molecule has 2 saturated heterocycles. The molecule has 0 unspecified atom stereocenters. The molecule has 3 rings (SSSR count). The van der Waals surface area contributed by atoms with Crippen molar-refractivity contribution < 1.29 is 23.9 Å². The molecule has 2 fully saturated rings. The number of unbranched alkanes of at least 4 members (excludes halogenated alkanes) is 1. The van der Waals surface area contributed by atoms with E-state index < -0.39 is 17.7 Å². The number of nitriles is 1. The third-order valence-corrected chi connectivity index (χ3v) is 5.95. The van der Waals surface area contributed by atoms with E-state index >= 15 is 0 Å². The van der Waals surface area contributed by atoms with E-state index in [1.54, 1.807) is 29.2 Å². The Morgan fingerprint density at radius 1 is 1.16 bits per heavy atom. The second-order valence-electron chi connectivity index (χ2n) is 8.16. The van der Waals surface area contributed by atoms with Crippen molar-refractivity contribution in [2.75, 3.05) is 32.8 Å². The van der Waals surface area contributed by atoms with Crippen molar-refractivity contribution in [1.82, 2.24) is 9.80 Å². The maximum Gasteiger partial charge on any atom is 0.410 e. The number of hydrogen-bond donors (Lipinski definition) is 0. The number of amides is 2. The van der Waals surface area contributed by atoms with Gasteiger partial charge >= 0.3 is 12.1 Å². The van der Waals surface area contributed by atoms with E-state index in [0.29, 0.717) is 51.1 Å². The molecule has 1 spiro atoms. The SMILES string of the molecule is CCCCOC(=O)CN1CCC2(CCN(C(=O)Cc3ccc(C#N)cc3)CC2)OC1=O. The molecule has 0 radical (unpaired) electrons. The molecule has 1 aromatic carbocycles. The maximum atomic E-state index is 12.6. The van der Waals surface area contributed by atoms with E-state index in [4.69, 9.17) is 14.7 Å². The van der Waals surface area contributed by atoms with Gasteiger partial charge in [-0.15, -0.1) is 0 Å². The van der Waals surface area contributed by atoms with Gasteiger partial charge in [0.1, 0.15) is 12.1 Å². The maximum absolute atomic E-state index is 12.6. The lowest BCUT2D eigenvalue weighted by Crippen LogP contribution is -2.56. The summed E-state index contributed by atoms with van der Waals surface area (Å²) < 4.78 is 10.9.